The highest BCUT2D eigenvalue weighted by atomic mass is 19.1. The maximum atomic E-state index is 13.6. The highest BCUT2D eigenvalue weighted by Crippen LogP contribution is 2.33. The van der Waals surface area contributed by atoms with Crippen LogP contribution in [-0.2, 0) is 9.53 Å². The Kier molecular flexibility index (Phi) is 4.92. The summed E-state index contributed by atoms with van der Waals surface area (Å²) in [4.78, 5) is 22.3. The third-order valence-electron chi connectivity index (χ3n) is 5.87. The van der Waals surface area contributed by atoms with E-state index in [1.807, 2.05) is 22.6 Å². The van der Waals surface area contributed by atoms with Gasteiger partial charge in [-0.25, -0.2) is 18.9 Å². The maximum Gasteiger partial charge on any atom is 0.212 e. The Balaban J connectivity index is 1.55. The largest absolute Gasteiger partial charge is 0.378 e. The van der Waals surface area contributed by atoms with Crippen molar-refractivity contribution in [3.8, 4) is 22.6 Å². The number of aromatic nitrogens is 5. The van der Waals surface area contributed by atoms with Gasteiger partial charge >= 0.3 is 0 Å². The zero-order valence-corrected chi connectivity index (χ0v) is 18.1. The van der Waals surface area contributed by atoms with Gasteiger partial charge in [0.1, 0.15) is 22.9 Å². The third-order valence-corrected chi connectivity index (χ3v) is 5.87. The Morgan fingerprint density at radius 1 is 0.941 bits per heavy atom. The number of amides is 1. The average molecular weight is 457 g/mol. The average Bonchev–Trinajstić information content (AvgIpc) is 3.45. The minimum atomic E-state index is -0.308. The zero-order valence-electron chi connectivity index (χ0n) is 18.1. The lowest BCUT2D eigenvalue weighted by Gasteiger charge is -2.28. The molecule has 0 aliphatic carbocycles. The number of imidazole rings is 2. The minimum Gasteiger partial charge on any atom is -0.378 e. The first-order valence-electron chi connectivity index (χ1n) is 10.9. The summed E-state index contributed by atoms with van der Waals surface area (Å²) < 4.78 is 22.8. The second kappa shape index (κ2) is 8.23. The van der Waals surface area contributed by atoms with Gasteiger partial charge in [-0.3, -0.25) is 9.20 Å². The van der Waals surface area contributed by atoms with E-state index in [2.05, 4.69) is 27.5 Å². The summed E-state index contributed by atoms with van der Waals surface area (Å²) in [5.41, 5.74) is 5.31. The summed E-state index contributed by atoms with van der Waals surface area (Å²) in [6.07, 6.45) is 4.27. The van der Waals surface area contributed by atoms with Crippen molar-refractivity contribution < 1.29 is 13.9 Å². The van der Waals surface area contributed by atoms with Crippen molar-refractivity contribution in [3.05, 3.63) is 66.7 Å². The molecule has 9 nitrogen and oxygen atoms in total. The van der Waals surface area contributed by atoms with E-state index in [0.717, 1.165) is 35.7 Å². The molecule has 10 heteroatoms. The fourth-order valence-electron chi connectivity index (χ4n) is 4.23. The molecule has 5 heterocycles. The monoisotopic (exact) mass is 457 g/mol. The number of hydrogen-bond acceptors (Lipinski definition) is 6. The van der Waals surface area contributed by atoms with Crippen molar-refractivity contribution in [3.63, 3.8) is 0 Å². The van der Waals surface area contributed by atoms with E-state index < -0.39 is 0 Å². The van der Waals surface area contributed by atoms with Crippen LogP contribution in [0, 0.1) is 5.82 Å². The highest BCUT2D eigenvalue weighted by Gasteiger charge is 2.20. The second-order valence-electron chi connectivity index (χ2n) is 7.94. The Morgan fingerprint density at radius 2 is 1.74 bits per heavy atom. The van der Waals surface area contributed by atoms with Crippen LogP contribution < -0.4 is 10.2 Å². The molecule has 1 fully saturated rings. The molecule has 1 saturated heterocycles. The van der Waals surface area contributed by atoms with E-state index in [0.29, 0.717) is 42.5 Å². The molecule has 1 aliphatic rings. The minimum absolute atomic E-state index is 0.308. The van der Waals surface area contributed by atoms with Crippen LogP contribution >= 0.6 is 0 Å². The molecular weight excluding hydrogens is 437 g/mol. The van der Waals surface area contributed by atoms with Crippen LogP contribution in [0.2, 0.25) is 0 Å². The van der Waals surface area contributed by atoms with E-state index in [1.165, 1.54) is 12.1 Å². The van der Waals surface area contributed by atoms with E-state index in [-0.39, 0.29) is 5.82 Å². The fraction of sp³-hybridized carbons (Fsp3) is 0.167. The normalized spacial score (nSPS) is 14.1. The number of nitrogens with one attached hydrogen (secondary N) is 1. The van der Waals surface area contributed by atoms with Gasteiger partial charge in [0.2, 0.25) is 6.41 Å². The summed E-state index contributed by atoms with van der Waals surface area (Å²) in [5, 5.41) is 7.29. The molecule has 0 bridgehead atoms. The molecule has 6 rings (SSSR count). The quantitative estimate of drug-likeness (QED) is 0.408. The number of hydrogen-bond donors (Lipinski definition) is 1. The van der Waals surface area contributed by atoms with Gasteiger partial charge in [-0.05, 0) is 48.5 Å². The van der Waals surface area contributed by atoms with Crippen LogP contribution in [-0.4, -0.2) is 56.7 Å². The maximum absolute atomic E-state index is 13.6. The molecule has 1 N–H and O–H groups in total. The summed E-state index contributed by atoms with van der Waals surface area (Å²) in [6.45, 7) is 3.00. The van der Waals surface area contributed by atoms with Gasteiger partial charge in [-0.2, -0.15) is 5.10 Å². The zero-order chi connectivity index (χ0) is 23.1. The van der Waals surface area contributed by atoms with E-state index in [1.54, 1.807) is 22.8 Å². The molecular formula is C24H20FN7O2. The lowest BCUT2D eigenvalue weighted by Crippen LogP contribution is -2.36. The number of fused-ring (bicyclic) bond motifs is 2. The predicted molar refractivity (Wildman–Crippen MR) is 125 cm³/mol. The number of pyridine rings is 1. The number of anilines is 2. The number of ether oxygens (including phenoxy) is 1. The van der Waals surface area contributed by atoms with Crippen molar-refractivity contribution in [2.45, 2.75) is 0 Å². The topological polar surface area (TPSA) is 89.1 Å². The molecule has 34 heavy (non-hydrogen) atoms. The van der Waals surface area contributed by atoms with Crippen LogP contribution in [0.5, 0.6) is 0 Å². The van der Waals surface area contributed by atoms with Crippen LogP contribution in [0.1, 0.15) is 0 Å². The van der Waals surface area contributed by atoms with Crippen molar-refractivity contribution in [2.75, 3.05) is 36.5 Å². The SMILES string of the molecule is O=CNc1cn2nc(-c3c(-c4ccc(F)cc4)nc4ccc(N5CCOCC5)cn34)ccc2n1. The number of rotatable bonds is 5. The van der Waals surface area contributed by atoms with Crippen molar-refractivity contribution in [1.29, 1.82) is 0 Å². The summed E-state index contributed by atoms with van der Waals surface area (Å²) in [7, 11) is 0. The van der Waals surface area contributed by atoms with Crippen LogP contribution in [0.25, 0.3) is 33.9 Å². The molecule has 5 aromatic rings. The predicted octanol–water partition coefficient (Wildman–Crippen LogP) is 3.26. The molecule has 0 saturated carbocycles. The lowest BCUT2D eigenvalue weighted by atomic mass is 10.1. The molecule has 0 spiro atoms. The molecule has 1 aromatic carbocycles. The van der Waals surface area contributed by atoms with E-state index in [4.69, 9.17) is 14.8 Å². The summed E-state index contributed by atoms with van der Waals surface area (Å²) in [6, 6.07) is 14.0. The number of carbonyl (C=O) groups is 1. The van der Waals surface area contributed by atoms with Crippen molar-refractivity contribution in [2.24, 2.45) is 0 Å². The van der Waals surface area contributed by atoms with Crippen LogP contribution in [0.15, 0.2) is 60.9 Å². The first-order chi connectivity index (χ1) is 16.7. The first-order valence-corrected chi connectivity index (χ1v) is 10.9. The van der Waals surface area contributed by atoms with Crippen LogP contribution in [0.4, 0.5) is 15.9 Å². The number of halogens is 1. The van der Waals surface area contributed by atoms with Gasteiger partial charge < -0.3 is 15.0 Å². The molecule has 170 valence electrons. The standard InChI is InChI=1S/C24H20FN7O2/c25-17-3-1-16(2-4-17)23-24(19-6-8-22-27-20(26-15-33)14-32(22)29-19)31-13-18(5-7-21(31)28-23)30-9-11-34-12-10-30/h1-8,13-15H,9-12H2,(H,26,33). The first kappa shape index (κ1) is 20.3. The Labute approximate surface area is 193 Å². The molecule has 4 aromatic heterocycles. The molecule has 1 aliphatic heterocycles. The molecule has 0 radical (unpaired) electrons. The summed E-state index contributed by atoms with van der Waals surface area (Å²) >= 11 is 0. The molecule has 0 unspecified atom stereocenters. The Bertz CT molecular complexity index is 1500. The van der Waals surface area contributed by atoms with Gasteiger partial charge in [0.15, 0.2) is 11.5 Å². The van der Waals surface area contributed by atoms with Gasteiger partial charge in [0.25, 0.3) is 0 Å². The van der Waals surface area contributed by atoms with Gasteiger partial charge in [-0.1, -0.05) is 0 Å². The Hall–Kier alpha value is -4.31. The summed E-state index contributed by atoms with van der Waals surface area (Å²) in [5.74, 6) is 0.1000. The van der Waals surface area contributed by atoms with E-state index in [9.17, 15) is 9.18 Å². The second-order valence-corrected chi connectivity index (χ2v) is 7.94. The molecule has 1 amide bonds. The number of carbonyl (C=O) groups excluding carboxylic acids is 1. The number of benzene rings is 1. The van der Waals surface area contributed by atoms with Gasteiger partial charge in [0.05, 0.1) is 30.8 Å². The lowest BCUT2D eigenvalue weighted by molar-refractivity contribution is -0.105. The van der Waals surface area contributed by atoms with Gasteiger partial charge in [0, 0.05) is 24.8 Å². The van der Waals surface area contributed by atoms with Crippen LogP contribution in [0.3, 0.4) is 0 Å². The molecule has 0 atom stereocenters. The van der Waals surface area contributed by atoms with Gasteiger partial charge in [-0.15, -0.1) is 0 Å². The van der Waals surface area contributed by atoms with Crippen molar-refractivity contribution in [1.82, 2.24) is 24.0 Å². The van der Waals surface area contributed by atoms with E-state index >= 15 is 0 Å². The highest BCUT2D eigenvalue weighted by molar-refractivity contribution is 5.81. The number of nitrogens with zero attached hydrogens (tertiary/aromatic N) is 6. The van der Waals surface area contributed by atoms with Crippen molar-refractivity contribution >= 4 is 29.2 Å². The number of morpholine rings is 1. The smallest absolute Gasteiger partial charge is 0.212 e. The third kappa shape index (κ3) is 3.54. The Morgan fingerprint density at radius 3 is 2.53 bits per heavy atom. The fourth-order valence-corrected chi connectivity index (χ4v) is 4.23.